The molecule has 26 heavy (non-hydrogen) atoms. The van der Waals surface area contributed by atoms with E-state index in [0.717, 1.165) is 21.8 Å². The highest BCUT2D eigenvalue weighted by Gasteiger charge is 2.27. The number of imidazole rings is 1. The average molecular weight is 388 g/mol. The van der Waals surface area contributed by atoms with Crippen molar-refractivity contribution in [3.8, 4) is 0 Å². The van der Waals surface area contributed by atoms with Crippen LogP contribution in [0.5, 0.6) is 0 Å². The Labute approximate surface area is 163 Å². The number of aromatic nitrogens is 2. The molecule has 1 atom stereocenters. The van der Waals surface area contributed by atoms with Crippen molar-refractivity contribution in [2.24, 2.45) is 7.05 Å². The van der Waals surface area contributed by atoms with Crippen LogP contribution in [0.3, 0.4) is 0 Å². The van der Waals surface area contributed by atoms with Crippen LogP contribution in [-0.2, 0) is 11.8 Å². The Balaban J connectivity index is 2.01. The number of thioether (sulfide) groups is 1. The van der Waals surface area contributed by atoms with E-state index in [4.69, 9.17) is 16.6 Å². The molecule has 0 saturated heterocycles. The number of halogens is 1. The van der Waals surface area contributed by atoms with Gasteiger partial charge < -0.3 is 9.47 Å². The van der Waals surface area contributed by atoms with Crippen LogP contribution in [0.2, 0.25) is 5.02 Å². The number of hydrogen-bond acceptors (Lipinski definition) is 3. The molecular formula is C20H22ClN3OS. The van der Waals surface area contributed by atoms with Crippen molar-refractivity contribution < 1.29 is 4.79 Å². The van der Waals surface area contributed by atoms with Gasteiger partial charge >= 0.3 is 0 Å². The van der Waals surface area contributed by atoms with Crippen molar-refractivity contribution in [2.45, 2.75) is 24.3 Å². The summed E-state index contributed by atoms with van der Waals surface area (Å²) in [5.74, 6) is 0.108. The molecule has 0 aliphatic heterocycles. The molecule has 0 N–H and O–H groups in total. The first kappa shape index (κ1) is 18.8. The zero-order valence-electron chi connectivity index (χ0n) is 15.1. The molecule has 1 heterocycles. The van der Waals surface area contributed by atoms with Crippen LogP contribution < -0.4 is 0 Å². The minimum absolute atomic E-state index is 0.108. The van der Waals surface area contributed by atoms with Gasteiger partial charge in [-0.2, -0.15) is 0 Å². The van der Waals surface area contributed by atoms with Gasteiger partial charge in [-0.25, -0.2) is 4.98 Å². The maximum Gasteiger partial charge on any atom is 0.240 e. The summed E-state index contributed by atoms with van der Waals surface area (Å²) in [5.41, 5.74) is 2.82. The average Bonchev–Trinajstić information content (AvgIpc) is 2.96. The number of fused-ring (bicyclic) bond motifs is 1. The molecular weight excluding hydrogens is 366 g/mol. The quantitative estimate of drug-likeness (QED) is 0.563. The molecule has 1 amide bonds. The van der Waals surface area contributed by atoms with E-state index in [1.165, 1.54) is 11.8 Å². The van der Waals surface area contributed by atoms with E-state index in [-0.39, 0.29) is 11.2 Å². The number of benzene rings is 2. The van der Waals surface area contributed by atoms with Crippen LogP contribution >= 0.6 is 23.4 Å². The summed E-state index contributed by atoms with van der Waals surface area (Å²) in [7, 11) is 1.97. The van der Waals surface area contributed by atoms with Gasteiger partial charge in [-0.1, -0.05) is 53.7 Å². The van der Waals surface area contributed by atoms with Gasteiger partial charge in [-0.15, -0.1) is 0 Å². The molecule has 1 aromatic heterocycles. The van der Waals surface area contributed by atoms with E-state index in [2.05, 4.69) is 0 Å². The molecule has 0 aliphatic carbocycles. The molecule has 2 aromatic carbocycles. The Morgan fingerprint density at radius 1 is 1.19 bits per heavy atom. The largest absolute Gasteiger partial charge is 0.342 e. The Morgan fingerprint density at radius 2 is 1.88 bits per heavy atom. The molecule has 1 unspecified atom stereocenters. The maximum absolute atomic E-state index is 13.1. The van der Waals surface area contributed by atoms with Gasteiger partial charge in [0.15, 0.2) is 5.16 Å². The minimum Gasteiger partial charge on any atom is -0.342 e. The van der Waals surface area contributed by atoms with Crippen LogP contribution in [0.4, 0.5) is 0 Å². The number of amides is 1. The van der Waals surface area contributed by atoms with Crippen LogP contribution in [0, 0.1) is 0 Å². The number of likely N-dealkylation sites (N-methyl/N-ethyl adjacent to an activating group) is 1. The molecule has 0 bridgehead atoms. The number of nitrogens with zero attached hydrogens (tertiary/aromatic N) is 3. The monoisotopic (exact) mass is 387 g/mol. The third-order valence-electron chi connectivity index (χ3n) is 4.43. The fourth-order valence-electron chi connectivity index (χ4n) is 2.95. The summed E-state index contributed by atoms with van der Waals surface area (Å²) in [6.45, 7) is 5.39. The van der Waals surface area contributed by atoms with Crippen molar-refractivity contribution >= 4 is 40.3 Å². The Hall–Kier alpha value is -1.98. The normalized spacial score (nSPS) is 12.3. The van der Waals surface area contributed by atoms with Crippen molar-refractivity contribution in [2.75, 3.05) is 13.1 Å². The number of carbonyl (C=O) groups excluding carboxylic acids is 1. The molecule has 6 heteroatoms. The molecule has 0 aliphatic rings. The molecule has 0 spiro atoms. The lowest BCUT2D eigenvalue weighted by molar-refractivity contribution is -0.130. The van der Waals surface area contributed by atoms with Crippen molar-refractivity contribution in [1.82, 2.24) is 14.5 Å². The van der Waals surface area contributed by atoms with Gasteiger partial charge in [0.05, 0.1) is 11.0 Å². The predicted molar refractivity (Wildman–Crippen MR) is 109 cm³/mol. The lowest BCUT2D eigenvalue weighted by Crippen LogP contribution is -2.34. The second kappa shape index (κ2) is 8.14. The zero-order valence-corrected chi connectivity index (χ0v) is 16.7. The van der Waals surface area contributed by atoms with E-state index in [9.17, 15) is 4.79 Å². The van der Waals surface area contributed by atoms with Crippen molar-refractivity contribution in [3.05, 3.63) is 59.1 Å². The van der Waals surface area contributed by atoms with E-state index in [1.807, 2.05) is 78.9 Å². The molecule has 4 nitrogen and oxygen atoms in total. The summed E-state index contributed by atoms with van der Waals surface area (Å²) < 4.78 is 2.02. The predicted octanol–water partition coefficient (Wildman–Crippen LogP) is 4.93. The van der Waals surface area contributed by atoms with Gasteiger partial charge in [0, 0.05) is 25.2 Å². The second-order valence-corrected chi connectivity index (χ2v) is 7.51. The first-order valence-corrected chi connectivity index (χ1v) is 9.93. The summed E-state index contributed by atoms with van der Waals surface area (Å²) in [6.07, 6.45) is 0. The fraction of sp³-hybridized carbons (Fsp3) is 0.300. The van der Waals surface area contributed by atoms with Gasteiger partial charge in [0.25, 0.3) is 0 Å². The minimum atomic E-state index is -0.331. The summed E-state index contributed by atoms with van der Waals surface area (Å²) in [4.78, 5) is 19.7. The molecule has 0 fully saturated rings. The summed E-state index contributed by atoms with van der Waals surface area (Å²) in [5, 5.41) is 1.13. The molecule has 0 saturated carbocycles. The first-order valence-electron chi connectivity index (χ1n) is 8.67. The number of rotatable bonds is 6. The molecule has 3 rings (SSSR count). The van der Waals surface area contributed by atoms with E-state index in [0.29, 0.717) is 18.1 Å². The van der Waals surface area contributed by atoms with E-state index >= 15 is 0 Å². The van der Waals surface area contributed by atoms with Gasteiger partial charge in [0.1, 0.15) is 5.25 Å². The number of carbonyl (C=O) groups is 1. The zero-order chi connectivity index (χ0) is 18.7. The highest BCUT2D eigenvalue weighted by atomic mass is 35.5. The lowest BCUT2D eigenvalue weighted by Gasteiger charge is -2.25. The number of hydrogen-bond donors (Lipinski definition) is 0. The SMILES string of the molecule is CCN(CC)C(=O)C(Sc1nc2cc(Cl)ccc2n1C)c1ccccc1. The van der Waals surface area contributed by atoms with E-state index < -0.39 is 0 Å². The molecule has 0 radical (unpaired) electrons. The highest BCUT2D eigenvalue weighted by Crippen LogP contribution is 2.37. The molecule has 136 valence electrons. The third kappa shape index (κ3) is 3.74. The maximum atomic E-state index is 13.1. The second-order valence-electron chi connectivity index (χ2n) is 6.01. The van der Waals surface area contributed by atoms with Gasteiger partial charge in [0.2, 0.25) is 5.91 Å². The van der Waals surface area contributed by atoms with Gasteiger partial charge in [-0.3, -0.25) is 4.79 Å². The standard InChI is InChI=1S/C20H22ClN3OS/c1-4-24(5-2)19(25)18(14-9-7-6-8-10-14)26-20-22-16-13-15(21)11-12-17(16)23(20)3/h6-13,18H,4-5H2,1-3H3. The number of aryl methyl sites for hydroxylation is 1. The Kier molecular flexibility index (Phi) is 5.89. The topological polar surface area (TPSA) is 38.1 Å². The van der Waals surface area contributed by atoms with Crippen LogP contribution in [0.25, 0.3) is 11.0 Å². The lowest BCUT2D eigenvalue weighted by atomic mass is 10.1. The van der Waals surface area contributed by atoms with E-state index in [1.54, 1.807) is 0 Å². The summed E-state index contributed by atoms with van der Waals surface area (Å²) in [6, 6.07) is 15.6. The first-order chi connectivity index (χ1) is 12.5. The Bertz CT molecular complexity index is 906. The third-order valence-corrected chi connectivity index (χ3v) is 5.95. The smallest absolute Gasteiger partial charge is 0.240 e. The van der Waals surface area contributed by atoms with Crippen LogP contribution in [0.15, 0.2) is 53.7 Å². The summed E-state index contributed by atoms with van der Waals surface area (Å²) >= 11 is 7.58. The molecule has 3 aromatic rings. The van der Waals surface area contributed by atoms with Crippen molar-refractivity contribution in [1.29, 1.82) is 0 Å². The van der Waals surface area contributed by atoms with Crippen LogP contribution in [-0.4, -0.2) is 33.4 Å². The van der Waals surface area contributed by atoms with Gasteiger partial charge in [-0.05, 0) is 37.6 Å². The highest BCUT2D eigenvalue weighted by molar-refractivity contribution is 8.00. The Morgan fingerprint density at radius 3 is 2.54 bits per heavy atom. The fourth-order valence-corrected chi connectivity index (χ4v) is 4.28. The van der Waals surface area contributed by atoms with Crippen LogP contribution in [0.1, 0.15) is 24.7 Å². The van der Waals surface area contributed by atoms with Crippen molar-refractivity contribution in [3.63, 3.8) is 0 Å².